The topological polar surface area (TPSA) is 29.3 Å². The highest BCUT2D eigenvalue weighted by Crippen LogP contribution is 2.26. The Morgan fingerprint density at radius 2 is 2.00 bits per heavy atom. The summed E-state index contributed by atoms with van der Waals surface area (Å²) in [6.07, 6.45) is 5.27. The molecule has 0 radical (unpaired) electrons. The van der Waals surface area contributed by atoms with Crippen molar-refractivity contribution in [3.8, 4) is 0 Å². The van der Waals surface area contributed by atoms with Crippen LogP contribution in [-0.4, -0.2) is 12.6 Å². The number of hydrogen-bond acceptors (Lipinski definition) is 2. The van der Waals surface area contributed by atoms with Gasteiger partial charge in [0, 0.05) is 24.0 Å². The molecule has 1 atom stereocenters. The van der Waals surface area contributed by atoms with Gasteiger partial charge in [0.1, 0.15) is 0 Å². The number of nitrogen functional groups attached to an aromatic ring is 1. The van der Waals surface area contributed by atoms with Gasteiger partial charge in [-0.2, -0.15) is 0 Å². The molecule has 1 heterocycles. The molecule has 0 unspecified atom stereocenters. The highest BCUT2D eigenvalue weighted by Gasteiger charge is 2.20. The average Bonchev–Trinajstić information content (AvgIpc) is 2.30. The van der Waals surface area contributed by atoms with Crippen LogP contribution in [0.1, 0.15) is 32.6 Å². The molecule has 1 aromatic rings. The molecule has 1 saturated heterocycles. The molecule has 2 heteroatoms. The van der Waals surface area contributed by atoms with Crippen molar-refractivity contribution in [3.63, 3.8) is 0 Å². The molecule has 1 aliphatic heterocycles. The quantitative estimate of drug-likeness (QED) is 0.750. The second kappa shape index (κ2) is 4.56. The molecule has 0 aromatic heterocycles. The van der Waals surface area contributed by atoms with E-state index in [0.29, 0.717) is 0 Å². The Kier molecular flexibility index (Phi) is 3.14. The Morgan fingerprint density at radius 1 is 1.27 bits per heavy atom. The predicted octanol–water partition coefficient (Wildman–Crippen LogP) is 3.04. The summed E-state index contributed by atoms with van der Waals surface area (Å²) in [7, 11) is 0. The van der Waals surface area contributed by atoms with Gasteiger partial charge in [-0.3, -0.25) is 0 Å². The van der Waals surface area contributed by atoms with Gasteiger partial charge in [0.2, 0.25) is 0 Å². The van der Waals surface area contributed by atoms with E-state index in [-0.39, 0.29) is 0 Å². The molecule has 0 saturated carbocycles. The number of hydrogen-bond donors (Lipinski definition) is 1. The fourth-order valence-electron chi connectivity index (χ4n) is 2.43. The summed E-state index contributed by atoms with van der Waals surface area (Å²) in [6.45, 7) is 3.47. The molecule has 2 rings (SSSR count). The molecule has 1 aromatic carbocycles. The van der Waals surface area contributed by atoms with Gasteiger partial charge >= 0.3 is 0 Å². The second-order valence-corrected chi connectivity index (χ2v) is 4.34. The van der Waals surface area contributed by atoms with E-state index < -0.39 is 0 Å². The first-order valence-corrected chi connectivity index (χ1v) is 5.93. The molecule has 1 fully saturated rings. The lowest BCUT2D eigenvalue weighted by Crippen LogP contribution is -2.39. The van der Waals surface area contributed by atoms with Crippen molar-refractivity contribution in [2.24, 2.45) is 0 Å². The van der Waals surface area contributed by atoms with E-state index in [1.165, 1.54) is 37.9 Å². The van der Waals surface area contributed by atoms with E-state index in [2.05, 4.69) is 24.0 Å². The van der Waals surface area contributed by atoms with Gasteiger partial charge in [-0.1, -0.05) is 6.92 Å². The van der Waals surface area contributed by atoms with Crippen LogP contribution in [-0.2, 0) is 0 Å². The first-order chi connectivity index (χ1) is 7.31. The second-order valence-electron chi connectivity index (χ2n) is 4.34. The number of piperidine rings is 1. The van der Waals surface area contributed by atoms with Crippen molar-refractivity contribution in [1.82, 2.24) is 0 Å². The summed E-state index contributed by atoms with van der Waals surface area (Å²) >= 11 is 0. The van der Waals surface area contributed by atoms with Crippen molar-refractivity contribution in [3.05, 3.63) is 24.3 Å². The number of rotatable bonds is 2. The maximum atomic E-state index is 5.70. The minimum atomic E-state index is 0.724. The van der Waals surface area contributed by atoms with E-state index in [4.69, 9.17) is 5.73 Å². The number of anilines is 2. The minimum Gasteiger partial charge on any atom is -0.399 e. The van der Waals surface area contributed by atoms with Crippen molar-refractivity contribution in [1.29, 1.82) is 0 Å². The standard InChI is InChI=1S/C13H20N2/c1-2-12-5-3-4-10-15(12)13-8-6-11(14)7-9-13/h6-9,12H,2-5,10,14H2,1H3/t12-/m0/s1. The zero-order valence-electron chi connectivity index (χ0n) is 9.45. The third-order valence-electron chi connectivity index (χ3n) is 3.32. The maximum Gasteiger partial charge on any atom is 0.0370 e. The first-order valence-electron chi connectivity index (χ1n) is 5.93. The van der Waals surface area contributed by atoms with Crippen LogP contribution in [0.15, 0.2) is 24.3 Å². The molecule has 2 nitrogen and oxygen atoms in total. The highest BCUT2D eigenvalue weighted by atomic mass is 15.2. The van der Waals surface area contributed by atoms with Crippen LogP contribution in [0.2, 0.25) is 0 Å². The van der Waals surface area contributed by atoms with Crippen LogP contribution in [0.5, 0.6) is 0 Å². The minimum absolute atomic E-state index is 0.724. The van der Waals surface area contributed by atoms with Crippen LogP contribution in [0.25, 0.3) is 0 Å². The van der Waals surface area contributed by atoms with Gasteiger partial charge in [0.05, 0.1) is 0 Å². The molecule has 0 bridgehead atoms. The van der Waals surface area contributed by atoms with Crippen LogP contribution in [0, 0.1) is 0 Å². The van der Waals surface area contributed by atoms with E-state index in [1.54, 1.807) is 0 Å². The van der Waals surface area contributed by atoms with E-state index in [0.717, 1.165) is 11.7 Å². The van der Waals surface area contributed by atoms with Gasteiger partial charge in [-0.15, -0.1) is 0 Å². The van der Waals surface area contributed by atoms with Gasteiger partial charge in [0.15, 0.2) is 0 Å². The van der Waals surface area contributed by atoms with Crippen molar-refractivity contribution in [2.75, 3.05) is 17.2 Å². The number of nitrogens with zero attached hydrogens (tertiary/aromatic N) is 1. The van der Waals surface area contributed by atoms with Crippen LogP contribution in [0.3, 0.4) is 0 Å². The fraction of sp³-hybridized carbons (Fsp3) is 0.538. The summed E-state index contributed by atoms with van der Waals surface area (Å²) in [6, 6.07) is 9.00. The molecule has 1 aliphatic rings. The first kappa shape index (κ1) is 10.3. The SMILES string of the molecule is CC[C@H]1CCCCN1c1ccc(N)cc1. The van der Waals surface area contributed by atoms with Crippen molar-refractivity contribution in [2.45, 2.75) is 38.6 Å². The van der Waals surface area contributed by atoms with E-state index in [1.807, 2.05) is 12.1 Å². The van der Waals surface area contributed by atoms with E-state index >= 15 is 0 Å². The molecular formula is C13H20N2. The largest absolute Gasteiger partial charge is 0.399 e. The maximum absolute atomic E-state index is 5.70. The zero-order chi connectivity index (χ0) is 10.7. The lowest BCUT2D eigenvalue weighted by Gasteiger charge is -2.37. The summed E-state index contributed by atoms with van der Waals surface area (Å²) in [4.78, 5) is 2.53. The Hall–Kier alpha value is -1.18. The fourth-order valence-corrected chi connectivity index (χ4v) is 2.43. The Bertz CT molecular complexity index is 305. The zero-order valence-corrected chi connectivity index (χ0v) is 9.45. The van der Waals surface area contributed by atoms with Crippen molar-refractivity contribution >= 4 is 11.4 Å². The monoisotopic (exact) mass is 204 g/mol. The third-order valence-corrected chi connectivity index (χ3v) is 3.32. The normalized spacial score (nSPS) is 21.7. The summed E-state index contributed by atoms with van der Waals surface area (Å²) in [5.41, 5.74) is 7.88. The summed E-state index contributed by atoms with van der Waals surface area (Å²) in [5.74, 6) is 0. The molecule has 0 aliphatic carbocycles. The van der Waals surface area contributed by atoms with Gasteiger partial charge < -0.3 is 10.6 Å². The number of nitrogens with two attached hydrogens (primary N) is 1. The lowest BCUT2D eigenvalue weighted by atomic mass is 9.99. The number of benzene rings is 1. The summed E-state index contributed by atoms with van der Waals surface area (Å²) in [5, 5.41) is 0. The van der Waals surface area contributed by atoms with E-state index in [9.17, 15) is 0 Å². The summed E-state index contributed by atoms with van der Waals surface area (Å²) < 4.78 is 0. The van der Waals surface area contributed by atoms with Crippen LogP contribution >= 0.6 is 0 Å². The molecule has 15 heavy (non-hydrogen) atoms. The lowest BCUT2D eigenvalue weighted by molar-refractivity contribution is 0.450. The predicted molar refractivity (Wildman–Crippen MR) is 66.1 cm³/mol. The Balaban J connectivity index is 2.16. The third kappa shape index (κ3) is 2.25. The molecule has 0 spiro atoms. The molecular weight excluding hydrogens is 184 g/mol. The van der Waals surface area contributed by atoms with Gasteiger partial charge in [-0.25, -0.2) is 0 Å². The average molecular weight is 204 g/mol. The molecule has 2 N–H and O–H groups in total. The van der Waals surface area contributed by atoms with Crippen LogP contribution in [0.4, 0.5) is 11.4 Å². The molecule has 0 amide bonds. The van der Waals surface area contributed by atoms with Crippen molar-refractivity contribution < 1.29 is 0 Å². The Morgan fingerprint density at radius 3 is 2.67 bits per heavy atom. The smallest absolute Gasteiger partial charge is 0.0370 e. The van der Waals surface area contributed by atoms with Gasteiger partial charge in [0.25, 0.3) is 0 Å². The highest BCUT2D eigenvalue weighted by molar-refractivity contribution is 5.53. The Labute approximate surface area is 92.1 Å². The molecule has 82 valence electrons. The van der Waals surface area contributed by atoms with Gasteiger partial charge in [-0.05, 0) is 49.9 Å². The van der Waals surface area contributed by atoms with Crippen LogP contribution < -0.4 is 10.6 Å².